The van der Waals surface area contributed by atoms with Gasteiger partial charge in [0.05, 0.1) is 0 Å². The van der Waals surface area contributed by atoms with Crippen LogP contribution in [0.4, 0.5) is 4.39 Å². The molecule has 0 heterocycles. The van der Waals surface area contributed by atoms with Crippen molar-refractivity contribution in [1.82, 2.24) is 4.90 Å². The van der Waals surface area contributed by atoms with Crippen molar-refractivity contribution in [3.63, 3.8) is 0 Å². The van der Waals surface area contributed by atoms with E-state index in [0.29, 0.717) is 11.3 Å². The monoisotopic (exact) mass is 287 g/mol. The summed E-state index contributed by atoms with van der Waals surface area (Å²) in [5, 5.41) is 0. The van der Waals surface area contributed by atoms with Gasteiger partial charge in [0.2, 0.25) is 0 Å². The number of carbonyl (C=O) groups excluding carboxylic acids is 1. The van der Waals surface area contributed by atoms with Gasteiger partial charge in [0.1, 0.15) is 11.6 Å². The van der Waals surface area contributed by atoms with E-state index in [-0.39, 0.29) is 24.9 Å². The van der Waals surface area contributed by atoms with Crippen LogP contribution >= 0.6 is 0 Å². The second-order valence-corrected chi connectivity index (χ2v) is 4.95. The largest absolute Gasteiger partial charge is 0.484 e. The summed E-state index contributed by atoms with van der Waals surface area (Å²) < 4.78 is 19.0. The zero-order chi connectivity index (χ0) is 15.2. The fourth-order valence-corrected chi connectivity index (χ4v) is 1.93. The number of nitrogens with zero attached hydrogens (tertiary/aromatic N) is 1. The average Bonchev–Trinajstić information content (AvgIpc) is 2.47. The maximum Gasteiger partial charge on any atom is 0.260 e. The summed E-state index contributed by atoms with van der Waals surface area (Å²) >= 11 is 0. The molecule has 0 aliphatic rings. The highest BCUT2D eigenvalue weighted by Gasteiger charge is 2.12. The molecule has 0 aliphatic heterocycles. The summed E-state index contributed by atoms with van der Waals surface area (Å²) in [4.78, 5) is 13.4. The number of carbonyl (C=O) groups is 1. The molecule has 0 saturated carbocycles. The molecule has 0 saturated heterocycles. The predicted molar refractivity (Wildman–Crippen MR) is 79.5 cm³/mol. The second kappa shape index (κ2) is 6.88. The lowest BCUT2D eigenvalue weighted by Crippen LogP contribution is -2.31. The Morgan fingerprint density at radius 1 is 1.19 bits per heavy atom. The smallest absolute Gasteiger partial charge is 0.260 e. The molecule has 110 valence electrons. The summed E-state index contributed by atoms with van der Waals surface area (Å²) in [6, 6.07) is 13.9. The van der Waals surface area contributed by atoms with Gasteiger partial charge in [-0.25, -0.2) is 4.39 Å². The van der Waals surface area contributed by atoms with Crippen molar-refractivity contribution in [2.24, 2.45) is 0 Å². The van der Waals surface area contributed by atoms with E-state index in [1.165, 1.54) is 11.0 Å². The predicted octanol–water partition coefficient (Wildman–Crippen LogP) is 3.17. The van der Waals surface area contributed by atoms with Crippen LogP contribution in [-0.2, 0) is 11.3 Å². The van der Waals surface area contributed by atoms with Crippen molar-refractivity contribution in [2.45, 2.75) is 13.5 Å². The van der Waals surface area contributed by atoms with Crippen LogP contribution in [-0.4, -0.2) is 24.5 Å². The van der Waals surface area contributed by atoms with Gasteiger partial charge >= 0.3 is 0 Å². The van der Waals surface area contributed by atoms with Crippen LogP contribution in [0, 0.1) is 12.7 Å². The molecular weight excluding hydrogens is 269 g/mol. The van der Waals surface area contributed by atoms with Crippen molar-refractivity contribution < 1.29 is 13.9 Å². The van der Waals surface area contributed by atoms with Crippen LogP contribution < -0.4 is 4.74 Å². The van der Waals surface area contributed by atoms with Gasteiger partial charge in [-0.2, -0.15) is 0 Å². The molecule has 0 aliphatic carbocycles. The highest BCUT2D eigenvalue weighted by atomic mass is 19.1. The number of hydrogen-bond donors (Lipinski definition) is 0. The summed E-state index contributed by atoms with van der Waals surface area (Å²) in [5.74, 6) is 0.152. The first kappa shape index (κ1) is 15.0. The molecule has 4 heteroatoms. The lowest BCUT2D eigenvalue weighted by Gasteiger charge is -2.18. The lowest BCUT2D eigenvalue weighted by atomic mass is 10.2. The Bertz CT molecular complexity index is 628. The maximum atomic E-state index is 13.5. The normalized spacial score (nSPS) is 10.2. The number of halogens is 1. The summed E-state index contributed by atoms with van der Waals surface area (Å²) in [6.45, 7) is 2.12. The number of ether oxygens (including phenoxy) is 1. The molecule has 0 N–H and O–H groups in total. The Kier molecular flexibility index (Phi) is 4.93. The Morgan fingerprint density at radius 3 is 2.67 bits per heavy atom. The molecule has 0 fully saturated rings. The minimum absolute atomic E-state index is 0.0611. The Morgan fingerprint density at radius 2 is 1.95 bits per heavy atom. The van der Waals surface area contributed by atoms with Crippen molar-refractivity contribution >= 4 is 5.91 Å². The van der Waals surface area contributed by atoms with Crippen molar-refractivity contribution in [2.75, 3.05) is 13.7 Å². The summed E-state index contributed by atoms with van der Waals surface area (Å²) in [5.41, 5.74) is 1.56. The number of benzene rings is 2. The molecule has 2 aromatic rings. The van der Waals surface area contributed by atoms with Gasteiger partial charge in [0.25, 0.3) is 5.91 Å². The van der Waals surface area contributed by atoms with Crippen molar-refractivity contribution in [3.8, 4) is 5.75 Å². The molecule has 0 radical (unpaired) electrons. The number of rotatable bonds is 5. The first-order chi connectivity index (χ1) is 10.1. The zero-order valence-corrected chi connectivity index (χ0v) is 12.2. The van der Waals surface area contributed by atoms with E-state index in [1.54, 1.807) is 31.3 Å². The number of hydrogen-bond acceptors (Lipinski definition) is 2. The van der Waals surface area contributed by atoms with Crippen molar-refractivity contribution in [1.29, 1.82) is 0 Å². The maximum absolute atomic E-state index is 13.5. The van der Waals surface area contributed by atoms with Crippen LogP contribution in [0.3, 0.4) is 0 Å². The van der Waals surface area contributed by atoms with Gasteiger partial charge in [0.15, 0.2) is 6.61 Å². The first-order valence-electron chi connectivity index (χ1n) is 6.73. The second-order valence-electron chi connectivity index (χ2n) is 4.95. The van der Waals surface area contributed by atoms with Crippen LogP contribution in [0.15, 0.2) is 48.5 Å². The van der Waals surface area contributed by atoms with Gasteiger partial charge < -0.3 is 9.64 Å². The molecule has 0 atom stereocenters. The number of amides is 1. The molecule has 0 unspecified atom stereocenters. The van der Waals surface area contributed by atoms with Crippen molar-refractivity contribution in [3.05, 3.63) is 65.5 Å². The molecule has 0 spiro atoms. The summed E-state index contributed by atoms with van der Waals surface area (Å²) in [7, 11) is 1.63. The van der Waals surface area contributed by atoms with E-state index in [2.05, 4.69) is 0 Å². The van der Waals surface area contributed by atoms with Crippen LogP contribution in [0.2, 0.25) is 0 Å². The molecular formula is C17H18FNO2. The fourth-order valence-electron chi connectivity index (χ4n) is 1.93. The molecule has 0 aromatic heterocycles. The highest BCUT2D eigenvalue weighted by molar-refractivity contribution is 5.77. The molecule has 2 rings (SSSR count). The topological polar surface area (TPSA) is 29.5 Å². The Balaban J connectivity index is 1.90. The number of aryl methyl sites for hydroxylation is 1. The average molecular weight is 287 g/mol. The zero-order valence-electron chi connectivity index (χ0n) is 12.2. The molecule has 3 nitrogen and oxygen atoms in total. The quantitative estimate of drug-likeness (QED) is 0.845. The minimum Gasteiger partial charge on any atom is -0.484 e. The van der Waals surface area contributed by atoms with Gasteiger partial charge in [0, 0.05) is 19.2 Å². The molecule has 21 heavy (non-hydrogen) atoms. The van der Waals surface area contributed by atoms with E-state index < -0.39 is 0 Å². The van der Waals surface area contributed by atoms with Crippen LogP contribution in [0.5, 0.6) is 5.75 Å². The minimum atomic E-state index is -0.309. The Hall–Kier alpha value is -2.36. The van der Waals surface area contributed by atoms with Gasteiger partial charge in [-0.1, -0.05) is 30.3 Å². The van der Waals surface area contributed by atoms with Gasteiger partial charge in [-0.05, 0) is 30.7 Å². The molecule has 0 bridgehead atoms. The Labute approximate surface area is 124 Å². The third kappa shape index (κ3) is 4.31. The lowest BCUT2D eigenvalue weighted by molar-refractivity contribution is -0.132. The SMILES string of the molecule is Cc1cccc(OCC(=O)N(C)Cc2ccccc2F)c1. The van der Waals surface area contributed by atoms with E-state index in [9.17, 15) is 9.18 Å². The van der Waals surface area contributed by atoms with Gasteiger partial charge in [-0.15, -0.1) is 0 Å². The third-order valence-electron chi connectivity index (χ3n) is 3.14. The summed E-state index contributed by atoms with van der Waals surface area (Å²) in [6.07, 6.45) is 0. The first-order valence-corrected chi connectivity index (χ1v) is 6.73. The fraction of sp³-hybridized carbons (Fsp3) is 0.235. The molecule has 1 amide bonds. The van der Waals surface area contributed by atoms with E-state index in [4.69, 9.17) is 4.74 Å². The highest BCUT2D eigenvalue weighted by Crippen LogP contribution is 2.13. The van der Waals surface area contributed by atoms with E-state index in [0.717, 1.165) is 5.56 Å². The van der Waals surface area contributed by atoms with E-state index >= 15 is 0 Å². The number of likely N-dealkylation sites (N-methyl/N-ethyl adjacent to an activating group) is 1. The molecule has 2 aromatic carbocycles. The van der Waals surface area contributed by atoms with E-state index in [1.807, 2.05) is 25.1 Å². The third-order valence-corrected chi connectivity index (χ3v) is 3.14. The van der Waals surface area contributed by atoms with Crippen LogP contribution in [0.25, 0.3) is 0 Å². The van der Waals surface area contributed by atoms with Gasteiger partial charge in [-0.3, -0.25) is 4.79 Å². The standard InChI is InChI=1S/C17H18FNO2/c1-13-6-5-8-15(10-13)21-12-17(20)19(2)11-14-7-3-4-9-16(14)18/h3-10H,11-12H2,1-2H3. The van der Waals surface area contributed by atoms with Crippen LogP contribution in [0.1, 0.15) is 11.1 Å².